The smallest absolute Gasteiger partial charge is 0.167 e. The van der Waals surface area contributed by atoms with E-state index in [1.807, 2.05) is 18.2 Å². The van der Waals surface area contributed by atoms with Crippen LogP contribution in [0.5, 0.6) is 0 Å². The lowest BCUT2D eigenvalue weighted by Crippen LogP contribution is -2.15. The topological polar surface area (TPSA) is 29.3 Å². The number of hydrogen-bond donors (Lipinski definition) is 0. The molecule has 4 heteroatoms. The molecule has 3 nitrogen and oxygen atoms in total. The standard InChI is InChI=1S/C16H13ClN2O/c17-13-5-6-16-14(7-13)15(18-20-16)10-19-8-11-3-1-2-4-12(11)9-19/h1-7H,8-10H2. The molecule has 0 radical (unpaired) electrons. The first-order valence-electron chi connectivity index (χ1n) is 6.62. The van der Waals surface area contributed by atoms with Crippen LogP contribution < -0.4 is 0 Å². The van der Waals surface area contributed by atoms with Gasteiger partial charge in [0.05, 0.1) is 0 Å². The van der Waals surface area contributed by atoms with Crippen LogP contribution in [0.15, 0.2) is 47.0 Å². The van der Waals surface area contributed by atoms with Crippen molar-refractivity contribution in [1.82, 2.24) is 10.1 Å². The van der Waals surface area contributed by atoms with E-state index in [9.17, 15) is 0 Å². The van der Waals surface area contributed by atoms with Crippen molar-refractivity contribution in [2.75, 3.05) is 0 Å². The van der Waals surface area contributed by atoms with Crippen LogP contribution in [0.1, 0.15) is 16.8 Å². The van der Waals surface area contributed by atoms with Crippen molar-refractivity contribution < 1.29 is 4.52 Å². The highest BCUT2D eigenvalue weighted by atomic mass is 35.5. The van der Waals surface area contributed by atoms with E-state index in [2.05, 4.69) is 34.3 Å². The molecule has 0 N–H and O–H groups in total. The summed E-state index contributed by atoms with van der Waals surface area (Å²) >= 11 is 6.05. The Bertz CT molecular complexity index is 756. The molecule has 0 saturated heterocycles. The molecule has 3 aromatic rings. The highest BCUT2D eigenvalue weighted by Gasteiger charge is 2.20. The fourth-order valence-electron chi connectivity index (χ4n) is 2.80. The van der Waals surface area contributed by atoms with Gasteiger partial charge in [-0.2, -0.15) is 0 Å². The van der Waals surface area contributed by atoms with Crippen molar-refractivity contribution in [2.24, 2.45) is 0 Å². The Morgan fingerprint density at radius 1 is 1.10 bits per heavy atom. The molecule has 0 unspecified atom stereocenters. The van der Waals surface area contributed by atoms with Gasteiger partial charge >= 0.3 is 0 Å². The van der Waals surface area contributed by atoms with Gasteiger partial charge in [-0.15, -0.1) is 0 Å². The SMILES string of the molecule is Clc1ccc2onc(CN3Cc4ccccc4C3)c2c1. The molecule has 0 aliphatic carbocycles. The van der Waals surface area contributed by atoms with Crippen LogP contribution in [-0.4, -0.2) is 10.1 Å². The summed E-state index contributed by atoms with van der Waals surface area (Å²) in [7, 11) is 0. The second-order valence-electron chi connectivity index (χ2n) is 5.18. The van der Waals surface area contributed by atoms with Crippen LogP contribution in [0.25, 0.3) is 11.0 Å². The molecule has 2 heterocycles. The number of rotatable bonds is 2. The summed E-state index contributed by atoms with van der Waals surface area (Å²) in [6, 6.07) is 14.2. The molecule has 0 fully saturated rings. The molecule has 100 valence electrons. The molecule has 1 aliphatic rings. The van der Waals surface area contributed by atoms with Gasteiger partial charge in [0, 0.05) is 30.0 Å². The predicted molar refractivity (Wildman–Crippen MR) is 78.4 cm³/mol. The maximum Gasteiger partial charge on any atom is 0.167 e. The maximum absolute atomic E-state index is 6.05. The molecule has 0 saturated carbocycles. The first-order valence-corrected chi connectivity index (χ1v) is 7.00. The minimum Gasteiger partial charge on any atom is -0.356 e. The first-order chi connectivity index (χ1) is 9.79. The van der Waals surface area contributed by atoms with Gasteiger partial charge in [0.25, 0.3) is 0 Å². The van der Waals surface area contributed by atoms with Crippen LogP contribution in [0.4, 0.5) is 0 Å². The van der Waals surface area contributed by atoms with E-state index in [1.54, 1.807) is 0 Å². The quantitative estimate of drug-likeness (QED) is 0.712. The Morgan fingerprint density at radius 3 is 2.60 bits per heavy atom. The summed E-state index contributed by atoms with van der Waals surface area (Å²) in [5.41, 5.74) is 4.55. The van der Waals surface area contributed by atoms with Crippen molar-refractivity contribution in [3.8, 4) is 0 Å². The van der Waals surface area contributed by atoms with Crippen molar-refractivity contribution in [3.63, 3.8) is 0 Å². The van der Waals surface area contributed by atoms with Gasteiger partial charge < -0.3 is 4.52 Å². The summed E-state index contributed by atoms with van der Waals surface area (Å²) in [5.74, 6) is 0. The summed E-state index contributed by atoms with van der Waals surface area (Å²) in [6.45, 7) is 2.71. The summed E-state index contributed by atoms with van der Waals surface area (Å²) < 4.78 is 5.36. The number of benzene rings is 2. The predicted octanol–water partition coefficient (Wildman–Crippen LogP) is 4.00. The third kappa shape index (κ3) is 1.99. The van der Waals surface area contributed by atoms with Gasteiger partial charge in [0.2, 0.25) is 0 Å². The Labute approximate surface area is 121 Å². The molecule has 0 spiro atoms. The summed E-state index contributed by atoms with van der Waals surface area (Å²) in [4.78, 5) is 2.36. The number of nitrogens with zero attached hydrogens (tertiary/aromatic N) is 2. The van der Waals surface area contributed by atoms with Gasteiger partial charge in [-0.3, -0.25) is 4.90 Å². The Morgan fingerprint density at radius 2 is 1.85 bits per heavy atom. The zero-order valence-corrected chi connectivity index (χ0v) is 11.6. The third-order valence-corrected chi connectivity index (χ3v) is 4.02. The van der Waals surface area contributed by atoms with Crippen molar-refractivity contribution in [2.45, 2.75) is 19.6 Å². The molecule has 0 bridgehead atoms. The van der Waals surface area contributed by atoms with Crippen LogP contribution in [0, 0.1) is 0 Å². The maximum atomic E-state index is 6.05. The van der Waals surface area contributed by atoms with Gasteiger partial charge in [0.1, 0.15) is 5.69 Å². The molecular weight excluding hydrogens is 272 g/mol. The molecule has 1 aliphatic heterocycles. The Balaban J connectivity index is 1.62. The fourth-order valence-corrected chi connectivity index (χ4v) is 2.97. The van der Waals surface area contributed by atoms with E-state index in [-0.39, 0.29) is 0 Å². The van der Waals surface area contributed by atoms with Gasteiger partial charge in [-0.05, 0) is 29.3 Å². The largest absolute Gasteiger partial charge is 0.356 e. The molecule has 1 aromatic heterocycles. The van der Waals surface area contributed by atoms with Gasteiger partial charge in [-0.25, -0.2) is 0 Å². The van der Waals surface area contributed by atoms with Gasteiger partial charge in [0.15, 0.2) is 5.58 Å². The van der Waals surface area contributed by atoms with Crippen molar-refractivity contribution >= 4 is 22.6 Å². The highest BCUT2D eigenvalue weighted by Crippen LogP contribution is 2.27. The lowest BCUT2D eigenvalue weighted by molar-refractivity contribution is 0.266. The van der Waals surface area contributed by atoms with Crippen molar-refractivity contribution in [1.29, 1.82) is 0 Å². The number of aromatic nitrogens is 1. The van der Waals surface area contributed by atoms with Crippen LogP contribution >= 0.6 is 11.6 Å². The van der Waals surface area contributed by atoms with E-state index < -0.39 is 0 Å². The number of halogens is 1. The minimum absolute atomic E-state index is 0.714. The molecule has 0 atom stereocenters. The van der Waals surface area contributed by atoms with E-state index >= 15 is 0 Å². The average Bonchev–Trinajstić information content (AvgIpc) is 3.03. The van der Waals surface area contributed by atoms with E-state index in [1.165, 1.54) is 11.1 Å². The number of fused-ring (bicyclic) bond motifs is 2. The van der Waals surface area contributed by atoms with Crippen LogP contribution in [0.3, 0.4) is 0 Å². The summed E-state index contributed by atoms with van der Waals surface area (Å²) in [6.07, 6.45) is 0. The minimum atomic E-state index is 0.714. The van der Waals surface area contributed by atoms with E-state index in [0.29, 0.717) is 5.02 Å². The molecule has 0 amide bonds. The van der Waals surface area contributed by atoms with Crippen LogP contribution in [-0.2, 0) is 19.6 Å². The number of hydrogen-bond acceptors (Lipinski definition) is 3. The van der Waals surface area contributed by atoms with E-state index in [0.717, 1.165) is 36.3 Å². The second kappa shape index (κ2) is 4.62. The zero-order valence-electron chi connectivity index (χ0n) is 10.8. The normalized spacial score (nSPS) is 14.8. The first kappa shape index (κ1) is 11.9. The lowest BCUT2D eigenvalue weighted by atomic mass is 10.1. The van der Waals surface area contributed by atoms with Crippen LogP contribution in [0.2, 0.25) is 5.02 Å². The lowest BCUT2D eigenvalue weighted by Gasteiger charge is -2.12. The molecular formula is C16H13ClN2O. The third-order valence-electron chi connectivity index (χ3n) is 3.79. The van der Waals surface area contributed by atoms with E-state index in [4.69, 9.17) is 16.1 Å². The average molecular weight is 285 g/mol. The van der Waals surface area contributed by atoms with Gasteiger partial charge in [-0.1, -0.05) is 41.0 Å². The second-order valence-corrected chi connectivity index (χ2v) is 5.62. The Kier molecular flexibility index (Phi) is 2.76. The molecule has 4 rings (SSSR count). The molecule has 20 heavy (non-hydrogen) atoms. The summed E-state index contributed by atoms with van der Waals surface area (Å²) in [5, 5.41) is 5.91. The monoisotopic (exact) mass is 284 g/mol. The Hall–Kier alpha value is -1.84. The zero-order chi connectivity index (χ0) is 13.5. The van der Waals surface area contributed by atoms with Crippen molar-refractivity contribution in [3.05, 3.63) is 64.3 Å². The fraction of sp³-hybridized carbons (Fsp3) is 0.188. The molecule has 2 aromatic carbocycles. The highest BCUT2D eigenvalue weighted by molar-refractivity contribution is 6.31.